The van der Waals surface area contributed by atoms with Gasteiger partial charge in [-0.15, -0.1) is 11.8 Å². The van der Waals surface area contributed by atoms with Gasteiger partial charge in [0.1, 0.15) is 0 Å². The van der Waals surface area contributed by atoms with Crippen LogP contribution in [0.15, 0.2) is 130 Å². The van der Waals surface area contributed by atoms with Crippen LogP contribution in [0.1, 0.15) is 137 Å². The number of unbranched alkanes of at least 4 members (excludes halogenated alkanes) is 3. The molecule has 0 fully saturated rings. The summed E-state index contributed by atoms with van der Waals surface area (Å²) in [5.74, 6) is 1.92. The molecule has 1 aliphatic carbocycles. The van der Waals surface area contributed by atoms with E-state index in [4.69, 9.17) is 4.99 Å². The number of benzene rings is 4. The fourth-order valence-corrected chi connectivity index (χ4v) is 10.7. The summed E-state index contributed by atoms with van der Waals surface area (Å²) in [5, 5.41) is 5.34. The molecule has 2 nitrogen and oxygen atoms in total. The van der Waals surface area contributed by atoms with Gasteiger partial charge in [0.2, 0.25) is 0 Å². The van der Waals surface area contributed by atoms with Gasteiger partial charge >= 0.3 is 0 Å². The zero-order valence-electron chi connectivity index (χ0n) is 36.6. The number of allylic oxidation sites excluding steroid dienone is 7. The number of anilines is 1. The molecule has 0 bridgehead atoms. The molecular formula is C54H70N2S. The van der Waals surface area contributed by atoms with Crippen LogP contribution in [0.2, 0.25) is 0 Å². The Hall–Kier alpha value is -3.82. The first-order chi connectivity index (χ1) is 27.6. The minimum absolute atomic E-state index is 0.0973. The van der Waals surface area contributed by atoms with E-state index < -0.39 is 0 Å². The van der Waals surface area contributed by atoms with Crippen molar-refractivity contribution in [3.8, 4) is 0 Å². The van der Waals surface area contributed by atoms with Crippen LogP contribution in [0, 0.1) is 5.92 Å². The molecule has 4 aromatic carbocycles. The average Bonchev–Trinajstić information content (AvgIpc) is 3.45. The molecule has 0 spiro atoms. The molecule has 57 heavy (non-hydrogen) atoms. The molecule has 0 saturated carbocycles. The van der Waals surface area contributed by atoms with Crippen LogP contribution in [0.5, 0.6) is 0 Å². The Kier molecular flexibility index (Phi) is 14.8. The minimum atomic E-state index is -0.237. The molecule has 4 aromatic rings. The first kappa shape index (κ1) is 42.8. The van der Waals surface area contributed by atoms with Crippen molar-refractivity contribution in [1.82, 2.24) is 0 Å². The quantitative estimate of drug-likeness (QED) is 0.0738. The molecule has 302 valence electrons. The smallest absolute Gasteiger partial charge is 0.0457 e. The number of rotatable bonds is 18. The van der Waals surface area contributed by atoms with Crippen molar-refractivity contribution >= 4 is 44.7 Å². The van der Waals surface area contributed by atoms with Crippen molar-refractivity contribution in [1.29, 1.82) is 0 Å². The molecule has 6 rings (SSSR count). The molecule has 3 heteroatoms. The summed E-state index contributed by atoms with van der Waals surface area (Å²) in [6, 6.07) is 29.3. The topological polar surface area (TPSA) is 15.6 Å². The highest BCUT2D eigenvalue weighted by atomic mass is 32.2. The summed E-state index contributed by atoms with van der Waals surface area (Å²) in [4.78, 5) is 9.53. The maximum absolute atomic E-state index is 5.37. The van der Waals surface area contributed by atoms with Crippen molar-refractivity contribution in [3.63, 3.8) is 0 Å². The molecule has 0 N–H and O–H groups in total. The van der Waals surface area contributed by atoms with Crippen LogP contribution in [-0.2, 0) is 10.8 Å². The summed E-state index contributed by atoms with van der Waals surface area (Å²) in [6.45, 7) is 20.9. The van der Waals surface area contributed by atoms with Crippen molar-refractivity contribution in [2.24, 2.45) is 10.9 Å². The molecule has 2 aliphatic rings. The fraction of sp³-hybridized carbons (Fsp3) is 0.463. The molecule has 1 heterocycles. The van der Waals surface area contributed by atoms with E-state index in [1.807, 2.05) is 0 Å². The van der Waals surface area contributed by atoms with Crippen LogP contribution in [-0.4, -0.2) is 24.6 Å². The predicted octanol–water partition coefficient (Wildman–Crippen LogP) is 15.9. The second kappa shape index (κ2) is 19.8. The largest absolute Gasteiger partial charge is 0.344 e. The van der Waals surface area contributed by atoms with Crippen molar-refractivity contribution in [2.75, 3.05) is 23.7 Å². The summed E-state index contributed by atoms with van der Waals surface area (Å²) < 4.78 is 0. The third-order valence-electron chi connectivity index (χ3n) is 12.8. The Morgan fingerprint density at radius 3 is 2.25 bits per heavy atom. The maximum Gasteiger partial charge on any atom is 0.0457 e. The molecule has 1 atom stereocenters. The second-order valence-corrected chi connectivity index (χ2v) is 18.6. The highest BCUT2D eigenvalue weighted by Crippen LogP contribution is 2.51. The van der Waals surface area contributed by atoms with Crippen LogP contribution in [0.25, 0.3) is 21.5 Å². The van der Waals surface area contributed by atoms with Gasteiger partial charge in [-0.05, 0) is 106 Å². The van der Waals surface area contributed by atoms with Crippen LogP contribution >= 0.6 is 11.8 Å². The Morgan fingerprint density at radius 2 is 1.51 bits per heavy atom. The molecule has 1 unspecified atom stereocenters. The summed E-state index contributed by atoms with van der Waals surface area (Å²) in [7, 11) is 0. The summed E-state index contributed by atoms with van der Waals surface area (Å²) in [5.41, 5.74) is 9.49. The third kappa shape index (κ3) is 9.57. The molecule has 1 aliphatic heterocycles. The van der Waals surface area contributed by atoms with Crippen LogP contribution in [0.4, 0.5) is 5.69 Å². The van der Waals surface area contributed by atoms with E-state index in [-0.39, 0.29) is 10.8 Å². The van der Waals surface area contributed by atoms with E-state index in [9.17, 15) is 0 Å². The lowest BCUT2D eigenvalue weighted by Gasteiger charge is -2.28. The van der Waals surface area contributed by atoms with Gasteiger partial charge in [0.25, 0.3) is 0 Å². The summed E-state index contributed by atoms with van der Waals surface area (Å²) in [6.07, 6.45) is 23.1. The van der Waals surface area contributed by atoms with Crippen LogP contribution in [0.3, 0.4) is 0 Å². The van der Waals surface area contributed by atoms with Crippen molar-refractivity contribution in [3.05, 3.63) is 136 Å². The van der Waals surface area contributed by atoms with E-state index in [2.05, 4.69) is 175 Å². The number of fused-ring (bicyclic) bond motifs is 4. The number of nitrogens with zero attached hydrogens (tertiary/aromatic N) is 2. The lowest BCUT2D eigenvalue weighted by atomic mass is 9.77. The standard InChI is InChI=1S/C54H70N2S/c1-9-13-22-40(12-4)39-57-52-43(32-35-49(55-37-14-10-2)53(5,6)47-30-21-25-41-23-16-18-28-45(41)47)26-20-27-44(52)33-36-50-54(7,8)51-46-29-19-17-24-42(46)31-34-48(51)56(50)38-15-11-3/h16-19,21,23-25,28-36,40H,9-15,20,22,26-27,37-39H2,1-8H3/b35-32+,44-33+,50-36+,55-49+. The first-order valence-electron chi connectivity index (χ1n) is 22.4. The monoisotopic (exact) mass is 779 g/mol. The van der Waals surface area contributed by atoms with Gasteiger partial charge in [0.05, 0.1) is 0 Å². The number of aliphatic imine (C=N–C) groups is 1. The number of hydrogen-bond acceptors (Lipinski definition) is 3. The summed E-state index contributed by atoms with van der Waals surface area (Å²) >= 11 is 2.14. The van der Waals surface area contributed by atoms with E-state index >= 15 is 0 Å². The van der Waals surface area contributed by atoms with Crippen molar-refractivity contribution in [2.45, 2.75) is 137 Å². The highest BCUT2D eigenvalue weighted by molar-refractivity contribution is 8.03. The second-order valence-electron chi connectivity index (χ2n) is 17.6. The SMILES string of the molecule is CCCC/N=C(\C=C\C1=C(SCC(CC)CCCC)C(=C/C=C2/N(CCCC)c3ccc4ccccc4c3C2(C)C)/CCC1)C(C)(C)c1cccc2ccccc12. The molecule has 0 amide bonds. The van der Waals surface area contributed by atoms with E-state index in [0.29, 0.717) is 0 Å². The normalized spacial score (nSPS) is 18.2. The van der Waals surface area contributed by atoms with Gasteiger partial charge < -0.3 is 4.90 Å². The zero-order valence-corrected chi connectivity index (χ0v) is 37.4. The molecular weight excluding hydrogens is 709 g/mol. The average molecular weight is 779 g/mol. The minimum Gasteiger partial charge on any atom is -0.344 e. The molecule has 0 saturated heterocycles. The third-order valence-corrected chi connectivity index (χ3v) is 14.2. The van der Waals surface area contributed by atoms with Crippen LogP contribution < -0.4 is 4.90 Å². The maximum atomic E-state index is 5.37. The van der Waals surface area contributed by atoms with Gasteiger partial charge in [-0.25, -0.2) is 0 Å². The number of hydrogen-bond donors (Lipinski definition) is 0. The van der Waals surface area contributed by atoms with Gasteiger partial charge in [-0.1, -0.05) is 172 Å². The number of thioether (sulfide) groups is 1. The Balaban J connectivity index is 1.44. The van der Waals surface area contributed by atoms with E-state index in [1.165, 1.54) is 117 Å². The zero-order chi connectivity index (χ0) is 40.4. The van der Waals surface area contributed by atoms with Crippen molar-refractivity contribution < 1.29 is 0 Å². The van der Waals surface area contributed by atoms with Gasteiger partial charge in [0, 0.05) is 51.7 Å². The first-order valence-corrected chi connectivity index (χ1v) is 23.4. The fourth-order valence-electron chi connectivity index (χ4n) is 9.18. The van der Waals surface area contributed by atoms with Gasteiger partial charge in [0.15, 0.2) is 0 Å². The molecule has 0 radical (unpaired) electrons. The highest BCUT2D eigenvalue weighted by Gasteiger charge is 2.41. The Bertz CT molecular complexity index is 2130. The lowest BCUT2D eigenvalue weighted by molar-refractivity contribution is 0.500. The van der Waals surface area contributed by atoms with E-state index in [1.54, 1.807) is 0 Å². The molecule has 0 aromatic heterocycles. The lowest BCUT2D eigenvalue weighted by Crippen LogP contribution is -2.28. The predicted molar refractivity (Wildman–Crippen MR) is 255 cm³/mol. The van der Waals surface area contributed by atoms with Gasteiger partial charge in [-0.2, -0.15) is 0 Å². The van der Waals surface area contributed by atoms with E-state index in [0.717, 1.165) is 44.7 Å². The van der Waals surface area contributed by atoms with Gasteiger partial charge in [-0.3, -0.25) is 4.99 Å². The Labute approximate surface area is 350 Å². The Morgan fingerprint density at radius 1 is 0.807 bits per heavy atom.